The Morgan fingerprint density at radius 1 is 1.32 bits per heavy atom. The number of rotatable bonds is 6. The van der Waals surface area contributed by atoms with Crippen molar-refractivity contribution in [3.05, 3.63) is 42.2 Å². The highest BCUT2D eigenvalue weighted by Gasteiger charge is 2.44. The largest absolute Gasteiger partial charge is 0.563 e. The first-order valence-corrected chi connectivity index (χ1v) is 9.82. The number of hydrogen-bond donors (Lipinski definition) is 1. The molecule has 1 saturated heterocycles. The molecule has 1 aliphatic rings. The molecular weight excluding hydrogens is 343 g/mol. The molecule has 0 unspecified atom stereocenters. The number of carbonyl (C=O) groups is 1. The molecule has 1 aromatic carbocycles. The Kier molecular flexibility index (Phi) is 5.07. The summed E-state index contributed by atoms with van der Waals surface area (Å²) < 4.78 is 33.2. The Labute approximate surface area is 148 Å². The molecule has 1 atom stereocenters. The summed E-state index contributed by atoms with van der Waals surface area (Å²) >= 11 is 0. The van der Waals surface area contributed by atoms with Gasteiger partial charge in [0.2, 0.25) is 0 Å². The van der Waals surface area contributed by atoms with Crippen LogP contribution in [0.4, 0.5) is 0 Å². The first kappa shape index (κ1) is 19.5. The van der Waals surface area contributed by atoms with E-state index in [0.29, 0.717) is 12.2 Å². The monoisotopic (exact) mass is 366 g/mol. The molecule has 25 heavy (non-hydrogen) atoms. The fourth-order valence-corrected chi connectivity index (χ4v) is 3.23. The van der Waals surface area contributed by atoms with E-state index < -0.39 is 33.3 Å². The molecule has 1 aliphatic heterocycles. The van der Waals surface area contributed by atoms with Gasteiger partial charge in [0.05, 0.1) is 5.76 Å². The average molecular weight is 366 g/mol. The van der Waals surface area contributed by atoms with Crippen molar-refractivity contribution in [3.63, 3.8) is 0 Å². The lowest BCUT2D eigenvalue weighted by atomic mass is 9.78. The number of hydrogen-bond acceptors (Lipinski definition) is 5. The predicted octanol–water partition coefficient (Wildman–Crippen LogP) is 1.54. The van der Waals surface area contributed by atoms with E-state index in [-0.39, 0.29) is 6.42 Å². The van der Waals surface area contributed by atoms with E-state index in [1.165, 1.54) is 6.92 Å². The minimum absolute atomic E-state index is 0.000773. The van der Waals surface area contributed by atoms with Crippen LogP contribution in [-0.4, -0.2) is 43.2 Å². The Hall–Kier alpha value is -1.80. The summed E-state index contributed by atoms with van der Waals surface area (Å²) in [5, 5.41) is 9.29. The molecular formula is C17H23BO6S. The highest BCUT2D eigenvalue weighted by Crippen LogP contribution is 2.29. The van der Waals surface area contributed by atoms with E-state index in [1.54, 1.807) is 0 Å². The van der Waals surface area contributed by atoms with Crippen LogP contribution in [0.5, 0.6) is 0 Å². The van der Waals surface area contributed by atoms with Gasteiger partial charge in [-0.2, -0.15) is 0 Å². The van der Waals surface area contributed by atoms with Crippen molar-refractivity contribution in [1.82, 2.24) is 0 Å². The topological polar surface area (TPSA) is 89.9 Å². The molecule has 1 N–H and O–H groups in total. The van der Waals surface area contributed by atoms with Gasteiger partial charge in [-0.15, -0.1) is 0 Å². The second kappa shape index (κ2) is 6.50. The third-order valence-corrected chi connectivity index (χ3v) is 6.75. The number of carboxylic acids is 1. The molecule has 6 nitrogen and oxygen atoms in total. The van der Waals surface area contributed by atoms with Gasteiger partial charge in [-0.05, 0) is 44.6 Å². The van der Waals surface area contributed by atoms with E-state index in [1.807, 2.05) is 38.1 Å². The quantitative estimate of drug-likeness (QED) is 0.769. The van der Waals surface area contributed by atoms with Gasteiger partial charge in [-0.25, -0.2) is 8.42 Å². The van der Waals surface area contributed by atoms with Crippen LogP contribution < -0.4 is 5.46 Å². The molecule has 8 heteroatoms. The van der Waals surface area contributed by atoms with Gasteiger partial charge in [-0.3, -0.25) is 4.79 Å². The van der Waals surface area contributed by atoms with E-state index in [4.69, 9.17) is 9.31 Å². The van der Waals surface area contributed by atoms with E-state index in [2.05, 4.69) is 6.58 Å². The Bertz CT molecular complexity index is 784. The van der Waals surface area contributed by atoms with E-state index in [0.717, 1.165) is 17.3 Å². The van der Waals surface area contributed by atoms with Crippen molar-refractivity contribution in [2.75, 3.05) is 6.26 Å². The van der Waals surface area contributed by atoms with Crippen LogP contribution in [0.15, 0.2) is 36.6 Å². The highest BCUT2D eigenvalue weighted by atomic mass is 32.2. The highest BCUT2D eigenvalue weighted by molar-refractivity contribution is 7.92. The molecule has 0 spiro atoms. The average Bonchev–Trinajstić information content (AvgIpc) is 2.77. The minimum Gasteiger partial charge on any atom is -0.534 e. The first-order chi connectivity index (χ1) is 11.4. The molecule has 0 aromatic heterocycles. The smallest absolute Gasteiger partial charge is 0.534 e. The Balaban J connectivity index is 2.09. The van der Waals surface area contributed by atoms with Gasteiger partial charge in [0.15, 0.2) is 14.6 Å². The fraction of sp³-hybridized carbons (Fsp3) is 0.471. The number of aryl methyl sites for hydroxylation is 1. The summed E-state index contributed by atoms with van der Waals surface area (Å²) in [4.78, 5) is 11.4. The van der Waals surface area contributed by atoms with Gasteiger partial charge in [-0.1, -0.05) is 30.8 Å². The van der Waals surface area contributed by atoms with Crippen molar-refractivity contribution in [2.45, 2.75) is 44.0 Å². The number of benzene rings is 1. The van der Waals surface area contributed by atoms with Crippen LogP contribution in [0, 0.1) is 0 Å². The van der Waals surface area contributed by atoms with E-state index in [9.17, 15) is 18.3 Å². The molecule has 136 valence electrons. The lowest BCUT2D eigenvalue weighted by molar-refractivity contribution is -0.139. The van der Waals surface area contributed by atoms with Crippen LogP contribution in [-0.2, 0) is 30.4 Å². The number of sulfone groups is 1. The van der Waals surface area contributed by atoms with Gasteiger partial charge < -0.3 is 14.4 Å². The van der Waals surface area contributed by atoms with Gasteiger partial charge in [0.1, 0.15) is 5.60 Å². The third kappa shape index (κ3) is 3.90. The predicted molar refractivity (Wildman–Crippen MR) is 96.4 cm³/mol. The molecule has 0 saturated carbocycles. The fourth-order valence-electron chi connectivity index (χ4n) is 2.44. The van der Waals surface area contributed by atoms with Gasteiger partial charge >= 0.3 is 13.1 Å². The normalized spacial score (nSPS) is 19.4. The van der Waals surface area contributed by atoms with Crippen LogP contribution in [0.1, 0.15) is 32.8 Å². The molecule has 1 fully saturated rings. The lowest BCUT2D eigenvalue weighted by Gasteiger charge is -2.22. The van der Waals surface area contributed by atoms with Crippen LogP contribution in [0.25, 0.3) is 0 Å². The summed E-state index contributed by atoms with van der Waals surface area (Å²) in [6.45, 7) is 8.83. The minimum atomic E-state index is -3.72. The second-order valence-electron chi connectivity index (χ2n) is 7.05. The van der Waals surface area contributed by atoms with Crippen LogP contribution in [0.2, 0.25) is 0 Å². The number of carboxylic acid groups (broad SMARTS) is 1. The molecule has 1 heterocycles. The summed E-state index contributed by atoms with van der Waals surface area (Å²) in [6.07, 6.45) is 1.29. The summed E-state index contributed by atoms with van der Waals surface area (Å²) in [7, 11) is -4.25. The van der Waals surface area contributed by atoms with Gasteiger partial charge in [0.25, 0.3) is 0 Å². The summed E-state index contributed by atoms with van der Waals surface area (Å²) in [6, 6.07) is 7.29. The van der Waals surface area contributed by atoms with Crippen molar-refractivity contribution in [3.8, 4) is 0 Å². The van der Waals surface area contributed by atoms with Crippen LogP contribution >= 0.6 is 0 Å². The second-order valence-corrected chi connectivity index (χ2v) is 9.50. The lowest BCUT2D eigenvalue weighted by Crippen LogP contribution is -2.43. The van der Waals surface area contributed by atoms with Crippen molar-refractivity contribution < 1.29 is 27.6 Å². The van der Waals surface area contributed by atoms with Crippen molar-refractivity contribution >= 4 is 28.4 Å². The molecule has 0 amide bonds. The van der Waals surface area contributed by atoms with Crippen LogP contribution in [0.3, 0.4) is 0 Å². The maximum atomic E-state index is 11.8. The Morgan fingerprint density at radius 3 is 2.28 bits per heavy atom. The summed E-state index contributed by atoms with van der Waals surface area (Å²) in [5.41, 5.74) is 1.11. The van der Waals surface area contributed by atoms with Gasteiger partial charge in [0, 0.05) is 6.26 Å². The third-order valence-electron chi connectivity index (χ3n) is 4.74. The number of aliphatic carboxylic acids is 1. The zero-order valence-corrected chi connectivity index (χ0v) is 15.7. The van der Waals surface area contributed by atoms with E-state index >= 15 is 0 Å². The maximum absolute atomic E-state index is 11.8. The Morgan fingerprint density at radius 2 is 1.88 bits per heavy atom. The molecule has 1 aromatic rings. The zero-order chi connectivity index (χ0) is 19.0. The molecule has 0 bridgehead atoms. The molecule has 0 aliphatic carbocycles. The van der Waals surface area contributed by atoms with Crippen molar-refractivity contribution in [2.24, 2.45) is 0 Å². The standard InChI is InChI=1S/C17H23BO6S/c1-12-16(2,3)24-18(23-12)14-8-6-13(7-9-14)10-11-17(4,15(19)20)25(5,21)22/h6-9H,1,10-11H2,2-5H3,(H,19,20)/t17-/m1/s1. The first-order valence-electron chi connectivity index (χ1n) is 7.92. The maximum Gasteiger partial charge on any atom is 0.563 e. The SMILES string of the molecule is C=C1OB(c2ccc(CC[C@](C)(C(=O)O)S(C)(=O)=O)cc2)OC1(C)C. The summed E-state index contributed by atoms with van der Waals surface area (Å²) in [5.74, 6) is -0.771. The van der Waals surface area contributed by atoms with Crippen molar-refractivity contribution in [1.29, 1.82) is 0 Å². The molecule has 0 radical (unpaired) electrons. The zero-order valence-electron chi connectivity index (χ0n) is 14.9. The molecule has 2 rings (SSSR count).